The van der Waals surface area contributed by atoms with Crippen LogP contribution < -0.4 is 44.5 Å². The fraction of sp³-hybridized carbons (Fsp3) is 0.531. The van der Waals surface area contributed by atoms with Gasteiger partial charge in [0.15, 0.2) is 5.78 Å². The van der Waals surface area contributed by atoms with E-state index in [9.17, 15) is 27.9 Å². The van der Waals surface area contributed by atoms with Crippen molar-refractivity contribution in [2.75, 3.05) is 55.7 Å². The van der Waals surface area contributed by atoms with Crippen molar-refractivity contribution in [3.8, 4) is 11.3 Å². The van der Waals surface area contributed by atoms with E-state index >= 15 is 0 Å². The fourth-order valence-electron chi connectivity index (χ4n) is 6.41. The van der Waals surface area contributed by atoms with E-state index in [1.165, 1.54) is 35.9 Å². The first-order chi connectivity index (χ1) is 22.1. The van der Waals surface area contributed by atoms with Crippen molar-refractivity contribution in [2.45, 2.75) is 57.8 Å². The van der Waals surface area contributed by atoms with E-state index in [4.69, 9.17) is 9.72 Å². The third-order valence-electron chi connectivity index (χ3n) is 9.09. The predicted molar refractivity (Wildman–Crippen MR) is 165 cm³/mol. The molecule has 5 heterocycles. The molecule has 0 unspecified atom stereocenters. The molecule has 0 spiro atoms. The number of aromatic nitrogens is 3. The number of halogens is 3. The second kappa shape index (κ2) is 15.3. The Bertz CT molecular complexity index is 1560. The Balaban J connectivity index is 0.00000433. The van der Waals surface area contributed by atoms with Gasteiger partial charge in [-0.3, -0.25) is 9.69 Å². The Kier molecular flexibility index (Phi) is 11.6. The third-order valence-corrected chi connectivity index (χ3v) is 10.1. The summed E-state index contributed by atoms with van der Waals surface area (Å²) in [6.07, 6.45) is 1.31. The van der Waals surface area contributed by atoms with E-state index in [-0.39, 0.29) is 53.1 Å². The van der Waals surface area contributed by atoms with Gasteiger partial charge in [-0.2, -0.15) is 13.2 Å². The molecule has 1 aromatic carbocycles. The smallest absolute Gasteiger partial charge is 0.550 e. The van der Waals surface area contributed by atoms with Crippen LogP contribution >= 0.6 is 11.3 Å². The summed E-state index contributed by atoms with van der Waals surface area (Å²) in [4.78, 5) is 44.7. The summed E-state index contributed by atoms with van der Waals surface area (Å²) in [7, 11) is 0. The second-order valence-corrected chi connectivity index (χ2v) is 13.3. The molecule has 6 rings (SSSR count). The minimum Gasteiger partial charge on any atom is -0.550 e. The molecule has 0 bridgehead atoms. The van der Waals surface area contributed by atoms with Crippen molar-refractivity contribution in [3.63, 3.8) is 0 Å². The molecule has 3 aliphatic rings. The Hall–Kier alpha value is -2.62. The van der Waals surface area contributed by atoms with Crippen LogP contribution in [0.1, 0.15) is 58.5 Å². The summed E-state index contributed by atoms with van der Waals surface area (Å²) in [5.74, 6) is -1.25. The van der Waals surface area contributed by atoms with E-state index < -0.39 is 23.6 Å². The van der Waals surface area contributed by atoms with Crippen molar-refractivity contribution in [1.82, 2.24) is 19.9 Å². The van der Waals surface area contributed by atoms with Gasteiger partial charge in [-0.25, -0.2) is 15.0 Å². The number of anilines is 2. The fourth-order valence-corrected chi connectivity index (χ4v) is 7.53. The number of carboxylic acid groups (broad SMARTS) is 1. The van der Waals surface area contributed by atoms with Gasteiger partial charge in [-0.1, -0.05) is 6.07 Å². The number of hydrogen-bond donors (Lipinski definition) is 0. The van der Waals surface area contributed by atoms with Gasteiger partial charge in [0.1, 0.15) is 16.5 Å². The molecule has 47 heavy (non-hydrogen) atoms. The number of rotatable bonds is 9. The third kappa shape index (κ3) is 8.34. The van der Waals surface area contributed by atoms with Gasteiger partial charge in [-0.05, 0) is 51.3 Å². The number of Topliss-reactive ketones (excluding diaryl/α,β-unsaturated/α-hetero) is 1. The summed E-state index contributed by atoms with van der Waals surface area (Å²) >= 11 is 1.35. The predicted octanol–water partition coefficient (Wildman–Crippen LogP) is 0.836. The Labute approximate surface area is 297 Å². The number of thiazole rings is 1. The summed E-state index contributed by atoms with van der Waals surface area (Å²) in [5.41, 5.74) is 0.413. The average Bonchev–Trinajstić information content (AvgIpc) is 3.65. The minimum atomic E-state index is -4.56. The van der Waals surface area contributed by atoms with E-state index in [1.807, 2.05) is 4.90 Å². The zero-order valence-corrected chi connectivity index (χ0v) is 29.4. The first-order valence-corrected chi connectivity index (χ1v) is 16.5. The number of piperidine rings is 1. The molecule has 0 radical (unpaired) electrons. The molecular weight excluding hydrogens is 644 g/mol. The Morgan fingerprint density at radius 3 is 2.38 bits per heavy atom. The van der Waals surface area contributed by atoms with Crippen molar-refractivity contribution in [3.05, 3.63) is 51.7 Å². The number of likely N-dealkylation sites (tertiary alicyclic amines) is 1. The minimum absolute atomic E-state index is 0. The van der Waals surface area contributed by atoms with Crippen molar-refractivity contribution < 1.29 is 62.2 Å². The molecule has 0 amide bonds. The quantitative estimate of drug-likeness (QED) is 0.238. The van der Waals surface area contributed by atoms with Gasteiger partial charge in [0.25, 0.3) is 0 Å². The van der Waals surface area contributed by atoms with Gasteiger partial charge in [0.05, 0.1) is 43.3 Å². The molecule has 0 N–H and O–H groups in total. The maximum absolute atomic E-state index is 14.4. The van der Waals surface area contributed by atoms with Crippen LogP contribution in [0.4, 0.5) is 24.7 Å². The first kappa shape index (κ1) is 35.7. The average molecular weight is 681 g/mol. The van der Waals surface area contributed by atoms with E-state index in [1.54, 1.807) is 11.0 Å². The standard InChI is InChI=1S/C32H37F3N6O4S.Na/c1-20-3-2-8-41(20)19-27-30(22-4-5-25(23(15-22)32(33,34)35)39-11-13-45-14-12-39)38-29(46-27)16-26(42)24-17-37-28(18-36-24)40-9-6-21(7-10-40)31(43)44;/h4-5,15,17-18,20-21H,2-3,6-14,16,19H2,1H3,(H,43,44);/q;+1/p-1/t20-;/m1./s1. The van der Waals surface area contributed by atoms with Crippen molar-refractivity contribution in [1.29, 1.82) is 0 Å². The van der Waals surface area contributed by atoms with Crippen molar-refractivity contribution >= 4 is 34.6 Å². The van der Waals surface area contributed by atoms with Crippen LogP contribution in [0, 0.1) is 5.92 Å². The Morgan fingerprint density at radius 1 is 1.02 bits per heavy atom. The van der Waals surface area contributed by atoms with Crippen LogP contribution in [0.25, 0.3) is 11.3 Å². The number of hydrogen-bond acceptors (Lipinski definition) is 11. The van der Waals surface area contributed by atoms with Crippen LogP contribution in [0.5, 0.6) is 0 Å². The number of aliphatic carboxylic acids is 1. The van der Waals surface area contributed by atoms with Gasteiger partial charge < -0.3 is 24.4 Å². The molecule has 1 atom stereocenters. The molecular formula is C32H36F3N6NaO4S. The zero-order chi connectivity index (χ0) is 32.4. The number of benzene rings is 1. The van der Waals surface area contributed by atoms with E-state index in [2.05, 4.69) is 21.8 Å². The molecule has 3 saturated heterocycles. The van der Waals surface area contributed by atoms with Gasteiger partial charge in [0.2, 0.25) is 0 Å². The molecule has 0 aliphatic carbocycles. The second-order valence-electron chi connectivity index (χ2n) is 12.1. The van der Waals surface area contributed by atoms with Gasteiger partial charge in [-0.15, -0.1) is 11.3 Å². The number of carbonyl (C=O) groups is 2. The van der Waals surface area contributed by atoms with Crippen LogP contribution in [-0.2, 0) is 28.7 Å². The topological polar surface area (TPSA) is 115 Å². The van der Waals surface area contributed by atoms with Crippen molar-refractivity contribution in [2.24, 2.45) is 5.92 Å². The maximum atomic E-state index is 14.4. The molecule has 15 heteroatoms. The SMILES string of the molecule is C[C@@H]1CCCN1Cc1sc(CC(=O)c2cnc(N3CCC(C(=O)[O-])CC3)cn2)nc1-c1ccc(N2CCOCC2)c(C(F)(F)F)c1.[Na+]. The summed E-state index contributed by atoms with van der Waals surface area (Å²) in [6.45, 7) is 6.10. The summed E-state index contributed by atoms with van der Waals surface area (Å²) in [5, 5.41) is 11.6. The van der Waals surface area contributed by atoms with Gasteiger partial charge in [0, 0.05) is 66.8 Å². The molecule has 2 aromatic heterocycles. The number of morpholine rings is 1. The summed E-state index contributed by atoms with van der Waals surface area (Å²) < 4.78 is 48.5. The Morgan fingerprint density at radius 2 is 1.77 bits per heavy atom. The first-order valence-electron chi connectivity index (χ1n) is 15.6. The monoisotopic (exact) mass is 680 g/mol. The molecule has 3 fully saturated rings. The van der Waals surface area contributed by atoms with Crippen LogP contribution in [0.15, 0.2) is 30.6 Å². The molecule has 3 aromatic rings. The number of carboxylic acids is 1. The number of carbonyl (C=O) groups excluding carboxylic acids is 2. The van der Waals surface area contributed by atoms with E-state index in [0.29, 0.717) is 86.9 Å². The molecule has 10 nitrogen and oxygen atoms in total. The molecule has 0 saturated carbocycles. The number of nitrogens with zero attached hydrogens (tertiary/aromatic N) is 6. The zero-order valence-electron chi connectivity index (χ0n) is 26.6. The van der Waals surface area contributed by atoms with Gasteiger partial charge >= 0.3 is 35.7 Å². The van der Waals surface area contributed by atoms with Crippen LogP contribution in [0.3, 0.4) is 0 Å². The largest absolute Gasteiger partial charge is 1.00 e. The number of ether oxygens (including phenoxy) is 1. The molecule has 246 valence electrons. The molecule has 3 aliphatic heterocycles. The number of alkyl halides is 3. The van der Waals surface area contributed by atoms with E-state index in [0.717, 1.165) is 24.3 Å². The normalized spacial score (nSPS) is 19.5. The number of ketones is 1. The van der Waals surface area contributed by atoms with Crippen LogP contribution in [-0.4, -0.2) is 83.6 Å². The maximum Gasteiger partial charge on any atom is 1.00 e. The van der Waals surface area contributed by atoms with Crippen LogP contribution in [0.2, 0.25) is 0 Å². The summed E-state index contributed by atoms with van der Waals surface area (Å²) in [6, 6.07) is 4.74.